The van der Waals surface area contributed by atoms with Crippen molar-refractivity contribution in [2.24, 2.45) is 0 Å². The number of benzene rings is 1. The van der Waals surface area contributed by atoms with Gasteiger partial charge in [0.1, 0.15) is 18.0 Å². The summed E-state index contributed by atoms with van der Waals surface area (Å²) in [5, 5.41) is 0. The van der Waals surface area contributed by atoms with E-state index in [0.717, 1.165) is 0 Å². The van der Waals surface area contributed by atoms with Crippen molar-refractivity contribution < 1.29 is 4.74 Å². The van der Waals surface area contributed by atoms with E-state index < -0.39 is 0 Å². The molecule has 3 rings (SSSR count). The number of nitrogen functional groups attached to an aromatic ring is 1. The molecule has 0 fully saturated rings. The molecule has 5 nitrogen and oxygen atoms in total. The number of ether oxygens (including phenoxy) is 1. The third kappa shape index (κ3) is 2.47. The molecule has 0 radical (unpaired) electrons. The van der Waals surface area contributed by atoms with Crippen molar-refractivity contribution >= 4 is 11.3 Å². The lowest BCUT2D eigenvalue weighted by Gasteiger charge is -2.07. The monoisotopic (exact) mass is 267 g/mol. The van der Waals surface area contributed by atoms with E-state index in [1.165, 1.54) is 10.5 Å². The molecule has 0 saturated carbocycles. The number of fused-ring (bicyclic) bond motifs is 1. The van der Waals surface area contributed by atoms with Crippen LogP contribution >= 0.6 is 0 Å². The Kier molecular flexibility index (Phi) is 3.09. The number of nitrogens with zero attached hydrogens (tertiary/aromatic N) is 2. The van der Waals surface area contributed by atoms with Crippen LogP contribution < -0.4 is 16.0 Å². The zero-order valence-corrected chi connectivity index (χ0v) is 10.7. The molecule has 1 aromatic carbocycles. The van der Waals surface area contributed by atoms with Gasteiger partial charge in [-0.2, -0.15) is 0 Å². The van der Waals surface area contributed by atoms with Crippen molar-refractivity contribution in [3.63, 3.8) is 0 Å². The van der Waals surface area contributed by atoms with Gasteiger partial charge in [0.2, 0.25) is 0 Å². The first kappa shape index (κ1) is 12.2. The Bertz CT molecular complexity index is 794. The van der Waals surface area contributed by atoms with E-state index in [2.05, 4.69) is 4.98 Å². The minimum atomic E-state index is -0.119. The summed E-state index contributed by atoms with van der Waals surface area (Å²) in [6.07, 6.45) is 1.69. The molecule has 0 spiro atoms. The fourth-order valence-corrected chi connectivity index (χ4v) is 1.90. The van der Waals surface area contributed by atoms with Crippen molar-refractivity contribution in [2.75, 3.05) is 5.73 Å². The van der Waals surface area contributed by atoms with Gasteiger partial charge in [-0.15, -0.1) is 0 Å². The Labute approximate surface area is 115 Å². The fourth-order valence-electron chi connectivity index (χ4n) is 1.90. The predicted molar refractivity (Wildman–Crippen MR) is 76.6 cm³/mol. The van der Waals surface area contributed by atoms with Crippen LogP contribution in [0.4, 0.5) is 5.69 Å². The van der Waals surface area contributed by atoms with Crippen molar-refractivity contribution in [1.29, 1.82) is 0 Å². The molecule has 5 heteroatoms. The van der Waals surface area contributed by atoms with Crippen LogP contribution in [-0.2, 0) is 6.61 Å². The second-order valence-electron chi connectivity index (χ2n) is 4.37. The molecular weight excluding hydrogens is 254 g/mol. The quantitative estimate of drug-likeness (QED) is 0.735. The first-order chi connectivity index (χ1) is 9.72. The molecule has 3 aromatic rings. The lowest BCUT2D eigenvalue weighted by molar-refractivity contribution is 0.301. The van der Waals surface area contributed by atoms with Crippen LogP contribution in [0, 0.1) is 0 Å². The molecule has 0 atom stereocenters. The minimum Gasteiger partial charge on any atom is -0.487 e. The number of pyridine rings is 1. The van der Waals surface area contributed by atoms with Crippen LogP contribution in [0.2, 0.25) is 0 Å². The second-order valence-corrected chi connectivity index (χ2v) is 4.37. The van der Waals surface area contributed by atoms with Gasteiger partial charge < -0.3 is 10.5 Å². The van der Waals surface area contributed by atoms with E-state index in [0.29, 0.717) is 22.8 Å². The van der Waals surface area contributed by atoms with Crippen molar-refractivity contribution in [2.45, 2.75) is 6.61 Å². The molecule has 100 valence electrons. The fraction of sp³-hybridized carbons (Fsp3) is 0.0667. The number of rotatable bonds is 3. The summed E-state index contributed by atoms with van der Waals surface area (Å²) in [4.78, 5) is 16.3. The zero-order valence-electron chi connectivity index (χ0n) is 10.7. The molecule has 2 N–H and O–H groups in total. The summed E-state index contributed by atoms with van der Waals surface area (Å²) < 4.78 is 7.08. The van der Waals surface area contributed by atoms with E-state index in [1.807, 2.05) is 6.07 Å². The van der Waals surface area contributed by atoms with E-state index in [4.69, 9.17) is 10.5 Å². The summed E-state index contributed by atoms with van der Waals surface area (Å²) >= 11 is 0. The lowest BCUT2D eigenvalue weighted by Crippen LogP contribution is -2.16. The first-order valence-electron chi connectivity index (χ1n) is 6.18. The predicted octanol–water partition coefficient (Wildman–Crippen LogP) is 1.86. The van der Waals surface area contributed by atoms with Crippen LogP contribution in [-0.4, -0.2) is 9.38 Å². The van der Waals surface area contributed by atoms with Gasteiger partial charge in [0.25, 0.3) is 5.56 Å². The average molecular weight is 267 g/mol. The Morgan fingerprint density at radius 1 is 1.15 bits per heavy atom. The number of aromatic nitrogens is 2. The second kappa shape index (κ2) is 5.05. The van der Waals surface area contributed by atoms with Gasteiger partial charge >= 0.3 is 0 Å². The highest BCUT2D eigenvalue weighted by molar-refractivity contribution is 5.41. The standard InChI is InChI=1S/C15H13N3O2/c16-11-4-6-13(7-5-11)20-10-12-9-15(19)18-8-2-1-3-14(18)17-12/h1-9H,10,16H2. The Hall–Kier alpha value is -2.82. The van der Waals surface area contributed by atoms with Gasteiger partial charge in [-0.1, -0.05) is 6.07 Å². The molecule has 2 aromatic heterocycles. The first-order valence-corrected chi connectivity index (χ1v) is 6.18. The smallest absolute Gasteiger partial charge is 0.258 e. The lowest BCUT2D eigenvalue weighted by atomic mass is 10.3. The van der Waals surface area contributed by atoms with E-state index >= 15 is 0 Å². The average Bonchev–Trinajstić information content (AvgIpc) is 2.47. The topological polar surface area (TPSA) is 69.6 Å². The van der Waals surface area contributed by atoms with Gasteiger partial charge in [0.15, 0.2) is 0 Å². The zero-order chi connectivity index (χ0) is 13.9. The van der Waals surface area contributed by atoms with Crippen LogP contribution in [0.5, 0.6) is 5.75 Å². The van der Waals surface area contributed by atoms with Gasteiger partial charge in [-0.3, -0.25) is 9.20 Å². The summed E-state index contributed by atoms with van der Waals surface area (Å²) in [6, 6.07) is 14.0. The summed E-state index contributed by atoms with van der Waals surface area (Å²) in [7, 11) is 0. The van der Waals surface area contributed by atoms with Crippen molar-refractivity contribution in [1.82, 2.24) is 9.38 Å². The van der Waals surface area contributed by atoms with Crippen LogP contribution in [0.15, 0.2) is 59.5 Å². The van der Waals surface area contributed by atoms with Gasteiger partial charge in [0.05, 0.1) is 5.69 Å². The number of hydrogen-bond donors (Lipinski definition) is 1. The normalized spacial score (nSPS) is 10.6. The maximum absolute atomic E-state index is 11.9. The third-order valence-electron chi connectivity index (χ3n) is 2.89. The van der Waals surface area contributed by atoms with Crippen LogP contribution in [0.1, 0.15) is 5.69 Å². The SMILES string of the molecule is Nc1ccc(OCc2cc(=O)n3ccccc3n2)cc1. The van der Waals surface area contributed by atoms with E-state index in [1.54, 1.807) is 42.6 Å². The molecule has 0 aliphatic rings. The van der Waals surface area contributed by atoms with E-state index in [9.17, 15) is 4.79 Å². The Balaban J connectivity index is 1.84. The Morgan fingerprint density at radius 2 is 1.95 bits per heavy atom. The summed E-state index contributed by atoms with van der Waals surface area (Å²) in [6.45, 7) is 0.241. The third-order valence-corrected chi connectivity index (χ3v) is 2.89. The molecule has 0 saturated heterocycles. The largest absolute Gasteiger partial charge is 0.487 e. The van der Waals surface area contributed by atoms with Gasteiger partial charge in [0, 0.05) is 18.0 Å². The highest BCUT2D eigenvalue weighted by Crippen LogP contribution is 2.14. The van der Waals surface area contributed by atoms with Crippen molar-refractivity contribution in [3.05, 3.63) is 70.8 Å². The Morgan fingerprint density at radius 3 is 2.75 bits per heavy atom. The van der Waals surface area contributed by atoms with Crippen molar-refractivity contribution in [3.8, 4) is 5.75 Å². The highest BCUT2D eigenvalue weighted by atomic mass is 16.5. The van der Waals surface area contributed by atoms with Gasteiger partial charge in [-0.25, -0.2) is 4.98 Å². The van der Waals surface area contributed by atoms with Crippen LogP contribution in [0.25, 0.3) is 5.65 Å². The van der Waals surface area contributed by atoms with Crippen LogP contribution in [0.3, 0.4) is 0 Å². The molecule has 0 aliphatic carbocycles. The van der Waals surface area contributed by atoms with Gasteiger partial charge in [-0.05, 0) is 36.4 Å². The molecule has 2 heterocycles. The molecule has 0 amide bonds. The highest BCUT2D eigenvalue weighted by Gasteiger charge is 2.02. The summed E-state index contributed by atoms with van der Waals surface area (Å²) in [5.41, 5.74) is 7.37. The maximum Gasteiger partial charge on any atom is 0.258 e. The number of anilines is 1. The molecule has 20 heavy (non-hydrogen) atoms. The van der Waals surface area contributed by atoms with E-state index in [-0.39, 0.29) is 12.2 Å². The number of hydrogen-bond acceptors (Lipinski definition) is 4. The molecule has 0 aliphatic heterocycles. The number of nitrogens with two attached hydrogens (primary N) is 1. The molecular formula is C15H13N3O2. The maximum atomic E-state index is 11.9. The molecule has 0 bridgehead atoms. The molecule has 0 unspecified atom stereocenters. The minimum absolute atomic E-state index is 0.119. The summed E-state index contributed by atoms with van der Waals surface area (Å²) in [5.74, 6) is 0.689.